The molecule has 104 valence electrons. The molecule has 1 rings (SSSR count). The van der Waals surface area contributed by atoms with Crippen molar-refractivity contribution in [1.29, 1.82) is 0 Å². The molecular weight excluding hydrogens is 242 g/mol. The maximum absolute atomic E-state index is 12.4. The van der Waals surface area contributed by atoms with E-state index in [0.29, 0.717) is 6.54 Å². The number of hydrogen-bond acceptors (Lipinski definition) is 2. The van der Waals surface area contributed by atoms with E-state index in [0.717, 1.165) is 5.56 Å². The third-order valence-corrected chi connectivity index (χ3v) is 3.15. The predicted molar refractivity (Wildman–Crippen MR) is 73.5 cm³/mol. The Balaban J connectivity index is 2.96. The van der Waals surface area contributed by atoms with Crippen molar-refractivity contribution in [3.05, 3.63) is 35.9 Å². The topological polar surface area (TPSA) is 57.6 Å². The number of carbonyl (C=O) groups excluding carboxylic acids is 1. The molecule has 0 spiro atoms. The van der Waals surface area contributed by atoms with Crippen LogP contribution in [-0.2, 0) is 16.1 Å². The zero-order chi connectivity index (χ0) is 14.6. The first kappa shape index (κ1) is 15.2. The monoisotopic (exact) mass is 263 g/mol. The molecule has 1 aromatic rings. The largest absolute Gasteiger partial charge is 0.480 e. The van der Waals surface area contributed by atoms with Crippen LogP contribution in [0, 0.1) is 5.41 Å². The van der Waals surface area contributed by atoms with Gasteiger partial charge in [0.15, 0.2) is 0 Å². The normalized spacial score (nSPS) is 11.4. The SMILES string of the molecule is CC(C)N(Cc1ccccc1)C(=O)C(C)(C)C(=O)O. The third kappa shape index (κ3) is 3.56. The van der Waals surface area contributed by atoms with Crippen LogP contribution < -0.4 is 0 Å². The molecule has 0 aliphatic carbocycles. The van der Waals surface area contributed by atoms with Crippen LogP contribution in [0.5, 0.6) is 0 Å². The van der Waals surface area contributed by atoms with E-state index in [2.05, 4.69) is 0 Å². The summed E-state index contributed by atoms with van der Waals surface area (Å²) >= 11 is 0. The summed E-state index contributed by atoms with van der Waals surface area (Å²) in [5, 5.41) is 9.16. The van der Waals surface area contributed by atoms with Gasteiger partial charge in [-0.1, -0.05) is 30.3 Å². The predicted octanol–water partition coefficient (Wildman–Crippen LogP) is 2.53. The summed E-state index contributed by atoms with van der Waals surface area (Å²) in [6, 6.07) is 9.52. The van der Waals surface area contributed by atoms with Crippen LogP contribution in [-0.4, -0.2) is 27.9 Å². The molecule has 1 N–H and O–H groups in total. The lowest BCUT2D eigenvalue weighted by atomic mass is 9.91. The van der Waals surface area contributed by atoms with Gasteiger partial charge in [0.2, 0.25) is 5.91 Å². The highest BCUT2D eigenvalue weighted by molar-refractivity contribution is 6.01. The molecule has 4 nitrogen and oxygen atoms in total. The Morgan fingerprint density at radius 1 is 1.21 bits per heavy atom. The van der Waals surface area contributed by atoms with Crippen molar-refractivity contribution in [2.24, 2.45) is 5.41 Å². The Morgan fingerprint density at radius 2 is 1.74 bits per heavy atom. The maximum atomic E-state index is 12.4. The van der Waals surface area contributed by atoms with Gasteiger partial charge >= 0.3 is 5.97 Å². The standard InChI is InChI=1S/C15H21NO3/c1-11(2)16(10-12-8-6-5-7-9-12)13(17)15(3,4)14(18)19/h5-9,11H,10H2,1-4H3,(H,18,19). The van der Waals surface area contributed by atoms with Crippen molar-refractivity contribution < 1.29 is 14.7 Å². The number of nitrogens with zero attached hydrogens (tertiary/aromatic N) is 1. The van der Waals surface area contributed by atoms with Gasteiger partial charge in [-0.2, -0.15) is 0 Å². The smallest absolute Gasteiger partial charge is 0.318 e. The first-order valence-electron chi connectivity index (χ1n) is 6.35. The lowest BCUT2D eigenvalue weighted by Gasteiger charge is -2.32. The molecule has 0 aliphatic rings. The molecule has 0 atom stereocenters. The Kier molecular flexibility index (Phi) is 4.70. The van der Waals surface area contributed by atoms with Gasteiger partial charge in [0, 0.05) is 12.6 Å². The van der Waals surface area contributed by atoms with Gasteiger partial charge in [0.25, 0.3) is 0 Å². The highest BCUT2D eigenvalue weighted by Crippen LogP contribution is 2.22. The van der Waals surface area contributed by atoms with Gasteiger partial charge in [0.05, 0.1) is 0 Å². The number of hydrogen-bond donors (Lipinski definition) is 1. The fourth-order valence-electron chi connectivity index (χ4n) is 1.72. The number of benzene rings is 1. The minimum absolute atomic E-state index is 0.0497. The van der Waals surface area contributed by atoms with Crippen LogP contribution in [0.1, 0.15) is 33.3 Å². The summed E-state index contributed by atoms with van der Waals surface area (Å²) in [4.78, 5) is 25.2. The number of carboxylic acid groups (broad SMARTS) is 1. The molecule has 0 saturated carbocycles. The van der Waals surface area contributed by atoms with E-state index in [-0.39, 0.29) is 11.9 Å². The maximum Gasteiger partial charge on any atom is 0.318 e. The lowest BCUT2D eigenvalue weighted by Crippen LogP contribution is -2.47. The minimum Gasteiger partial charge on any atom is -0.480 e. The highest BCUT2D eigenvalue weighted by Gasteiger charge is 2.39. The van der Waals surface area contributed by atoms with Gasteiger partial charge in [-0.3, -0.25) is 9.59 Å². The molecule has 4 heteroatoms. The van der Waals surface area contributed by atoms with E-state index in [1.54, 1.807) is 4.90 Å². The van der Waals surface area contributed by atoms with Crippen molar-refractivity contribution in [3.8, 4) is 0 Å². The summed E-state index contributed by atoms with van der Waals surface area (Å²) in [5.41, 5.74) is -0.412. The van der Waals surface area contributed by atoms with Gasteiger partial charge < -0.3 is 10.0 Å². The molecule has 0 radical (unpaired) electrons. The van der Waals surface area contributed by atoms with E-state index in [9.17, 15) is 9.59 Å². The average Bonchev–Trinajstić information content (AvgIpc) is 2.35. The summed E-state index contributed by atoms with van der Waals surface area (Å²) in [6.07, 6.45) is 0. The van der Waals surface area contributed by atoms with Crippen molar-refractivity contribution in [2.75, 3.05) is 0 Å². The van der Waals surface area contributed by atoms with Gasteiger partial charge in [0.1, 0.15) is 5.41 Å². The van der Waals surface area contributed by atoms with Crippen molar-refractivity contribution in [2.45, 2.75) is 40.3 Å². The molecule has 1 aromatic carbocycles. The molecule has 0 unspecified atom stereocenters. The Bertz CT molecular complexity index is 452. The number of rotatable bonds is 5. The Morgan fingerprint density at radius 3 is 2.16 bits per heavy atom. The molecule has 0 aromatic heterocycles. The van der Waals surface area contributed by atoms with Crippen molar-refractivity contribution in [3.63, 3.8) is 0 Å². The van der Waals surface area contributed by atoms with Crippen LogP contribution in [0.2, 0.25) is 0 Å². The summed E-state index contributed by atoms with van der Waals surface area (Å²) < 4.78 is 0. The molecule has 1 amide bonds. The van der Waals surface area contributed by atoms with Crippen LogP contribution in [0.15, 0.2) is 30.3 Å². The molecular formula is C15H21NO3. The van der Waals surface area contributed by atoms with Crippen LogP contribution in [0.3, 0.4) is 0 Å². The van der Waals surface area contributed by atoms with Crippen molar-refractivity contribution >= 4 is 11.9 Å². The van der Waals surface area contributed by atoms with Gasteiger partial charge in [-0.15, -0.1) is 0 Å². The molecule has 0 fully saturated rings. The van der Waals surface area contributed by atoms with Gasteiger partial charge in [-0.25, -0.2) is 0 Å². The van der Waals surface area contributed by atoms with E-state index < -0.39 is 11.4 Å². The fourth-order valence-corrected chi connectivity index (χ4v) is 1.72. The van der Waals surface area contributed by atoms with Crippen LogP contribution >= 0.6 is 0 Å². The number of amides is 1. The number of carboxylic acids is 1. The Hall–Kier alpha value is -1.84. The van der Waals surface area contributed by atoms with E-state index in [4.69, 9.17) is 5.11 Å². The quantitative estimate of drug-likeness (QED) is 0.830. The van der Waals surface area contributed by atoms with E-state index in [1.807, 2.05) is 44.2 Å². The minimum atomic E-state index is -1.40. The van der Waals surface area contributed by atoms with Gasteiger partial charge in [-0.05, 0) is 33.3 Å². The molecule has 0 bridgehead atoms. The first-order chi connectivity index (χ1) is 8.76. The first-order valence-corrected chi connectivity index (χ1v) is 6.35. The molecule has 0 saturated heterocycles. The zero-order valence-corrected chi connectivity index (χ0v) is 11.9. The Labute approximate surface area is 114 Å². The van der Waals surface area contributed by atoms with Crippen LogP contribution in [0.25, 0.3) is 0 Å². The number of aliphatic carboxylic acids is 1. The molecule has 19 heavy (non-hydrogen) atoms. The fraction of sp³-hybridized carbons (Fsp3) is 0.467. The molecule has 0 aliphatic heterocycles. The third-order valence-electron chi connectivity index (χ3n) is 3.15. The second-order valence-electron chi connectivity index (χ2n) is 5.44. The second kappa shape index (κ2) is 5.87. The zero-order valence-electron chi connectivity index (χ0n) is 11.9. The van der Waals surface area contributed by atoms with Crippen molar-refractivity contribution in [1.82, 2.24) is 4.90 Å². The second-order valence-corrected chi connectivity index (χ2v) is 5.44. The average molecular weight is 263 g/mol. The molecule has 0 heterocycles. The summed E-state index contributed by atoms with van der Waals surface area (Å²) in [5.74, 6) is -1.46. The van der Waals surface area contributed by atoms with E-state index >= 15 is 0 Å². The summed E-state index contributed by atoms with van der Waals surface area (Å²) in [7, 11) is 0. The lowest BCUT2D eigenvalue weighted by molar-refractivity contribution is -0.159. The van der Waals surface area contributed by atoms with E-state index in [1.165, 1.54) is 13.8 Å². The van der Waals surface area contributed by atoms with Crippen LogP contribution in [0.4, 0.5) is 0 Å². The number of carbonyl (C=O) groups is 2. The highest BCUT2D eigenvalue weighted by atomic mass is 16.4. The summed E-state index contributed by atoms with van der Waals surface area (Å²) in [6.45, 7) is 7.08.